The molecule has 0 bridgehead atoms. The Labute approximate surface area is 80.5 Å². The summed E-state index contributed by atoms with van der Waals surface area (Å²) in [5.41, 5.74) is -1.58. The molecule has 0 saturated heterocycles. The first-order valence-electron chi connectivity index (χ1n) is 3.41. The summed E-state index contributed by atoms with van der Waals surface area (Å²) in [6.45, 7) is 0. The Morgan fingerprint density at radius 2 is 2.08 bits per heavy atom. The summed E-state index contributed by atoms with van der Waals surface area (Å²) >= 11 is 3.45. The number of aldehydes is 1. The van der Waals surface area contributed by atoms with Gasteiger partial charge in [0.2, 0.25) is 0 Å². The standard InChI is InChI=1S/C7H10O5S/c1-12-7(4-8,2-5(9)10)3-6(11)13/h4H,2-3H2,1H3,(H,9,10)(H,11,13). The molecule has 0 saturated carbocycles. The van der Waals surface area contributed by atoms with Gasteiger partial charge in [-0.25, -0.2) is 0 Å². The van der Waals surface area contributed by atoms with Crippen LogP contribution >= 0.6 is 12.6 Å². The molecule has 5 nitrogen and oxygen atoms in total. The smallest absolute Gasteiger partial charge is 0.306 e. The van der Waals surface area contributed by atoms with Crippen molar-refractivity contribution in [2.45, 2.75) is 18.4 Å². The highest BCUT2D eigenvalue weighted by atomic mass is 32.1. The van der Waals surface area contributed by atoms with Crippen LogP contribution in [0.1, 0.15) is 12.8 Å². The minimum absolute atomic E-state index is 0.315. The van der Waals surface area contributed by atoms with Crippen molar-refractivity contribution < 1.29 is 24.2 Å². The Kier molecular flexibility index (Phi) is 4.64. The predicted molar refractivity (Wildman–Crippen MR) is 46.7 cm³/mol. The molecule has 0 aromatic heterocycles. The fourth-order valence-corrected chi connectivity index (χ4v) is 1.12. The number of hydrogen-bond acceptors (Lipinski definition) is 4. The minimum atomic E-state index is -1.58. The van der Waals surface area contributed by atoms with Crippen LogP contribution in [0.25, 0.3) is 0 Å². The largest absolute Gasteiger partial charge is 0.481 e. The third-order valence-electron chi connectivity index (χ3n) is 1.52. The number of aliphatic carboxylic acids is 1. The van der Waals surface area contributed by atoms with Crippen molar-refractivity contribution in [3.63, 3.8) is 0 Å². The molecule has 0 aliphatic heterocycles. The summed E-state index contributed by atoms with van der Waals surface area (Å²) < 4.78 is 4.69. The number of thiol groups is 1. The van der Waals surface area contributed by atoms with E-state index in [-0.39, 0.29) is 6.42 Å². The van der Waals surface area contributed by atoms with Crippen LogP contribution in [0, 0.1) is 0 Å². The summed E-state index contributed by atoms with van der Waals surface area (Å²) in [7, 11) is 1.17. The Morgan fingerprint density at radius 1 is 1.54 bits per heavy atom. The lowest BCUT2D eigenvalue weighted by atomic mass is 9.98. The molecule has 13 heavy (non-hydrogen) atoms. The van der Waals surface area contributed by atoms with E-state index in [1.165, 1.54) is 7.11 Å². The minimum Gasteiger partial charge on any atom is -0.481 e. The number of hydrogen-bond donors (Lipinski definition) is 2. The maximum absolute atomic E-state index is 10.6. The monoisotopic (exact) mass is 206 g/mol. The zero-order chi connectivity index (χ0) is 10.5. The summed E-state index contributed by atoms with van der Waals surface area (Å²) in [4.78, 5) is 31.5. The second kappa shape index (κ2) is 4.98. The maximum Gasteiger partial charge on any atom is 0.306 e. The molecular formula is C7H10O5S. The molecule has 0 aromatic carbocycles. The summed E-state index contributed by atoms with van der Waals surface area (Å²) in [6, 6.07) is 0. The number of carbonyl (C=O) groups is 3. The van der Waals surface area contributed by atoms with Gasteiger partial charge in [-0.15, -0.1) is 12.6 Å². The number of rotatable bonds is 6. The highest BCUT2D eigenvalue weighted by Crippen LogP contribution is 2.18. The van der Waals surface area contributed by atoms with Crippen LogP contribution in [0.5, 0.6) is 0 Å². The van der Waals surface area contributed by atoms with Gasteiger partial charge < -0.3 is 14.6 Å². The Bertz CT molecular complexity index is 209. The summed E-state index contributed by atoms with van der Waals surface area (Å²) in [5, 5.41) is 7.86. The molecule has 0 rings (SSSR count). The number of methoxy groups -OCH3 is 1. The molecule has 0 aliphatic carbocycles. The molecule has 0 aliphatic rings. The van der Waals surface area contributed by atoms with E-state index >= 15 is 0 Å². The fraction of sp³-hybridized carbons (Fsp3) is 0.571. The van der Waals surface area contributed by atoms with Crippen LogP contribution in [0.15, 0.2) is 0 Å². The fourth-order valence-electron chi connectivity index (χ4n) is 0.850. The Hall–Kier alpha value is -0.880. The first-order chi connectivity index (χ1) is 5.95. The van der Waals surface area contributed by atoms with E-state index in [9.17, 15) is 14.4 Å². The van der Waals surface area contributed by atoms with Gasteiger partial charge in [0.25, 0.3) is 0 Å². The van der Waals surface area contributed by atoms with E-state index in [2.05, 4.69) is 12.6 Å². The molecular weight excluding hydrogens is 196 g/mol. The summed E-state index contributed by atoms with van der Waals surface area (Å²) in [5.74, 6) is -1.21. The van der Waals surface area contributed by atoms with E-state index in [1.54, 1.807) is 0 Å². The van der Waals surface area contributed by atoms with E-state index in [1.807, 2.05) is 0 Å². The number of carboxylic acids is 1. The predicted octanol–water partition coefficient (Wildman–Crippen LogP) is -0.108. The average Bonchev–Trinajstić information content (AvgIpc) is 2.01. The second-order valence-electron chi connectivity index (χ2n) is 2.53. The maximum atomic E-state index is 10.6. The number of carbonyl (C=O) groups excluding carboxylic acids is 2. The van der Waals surface area contributed by atoms with Crippen molar-refractivity contribution in [1.29, 1.82) is 0 Å². The van der Waals surface area contributed by atoms with Gasteiger partial charge in [0, 0.05) is 7.11 Å². The van der Waals surface area contributed by atoms with Crippen molar-refractivity contribution in [2.24, 2.45) is 0 Å². The molecule has 0 fully saturated rings. The van der Waals surface area contributed by atoms with Crippen molar-refractivity contribution in [1.82, 2.24) is 0 Å². The van der Waals surface area contributed by atoms with Crippen molar-refractivity contribution in [3.8, 4) is 0 Å². The van der Waals surface area contributed by atoms with Gasteiger partial charge in [0.1, 0.15) is 5.60 Å². The Balaban J connectivity index is 4.58. The molecule has 0 radical (unpaired) electrons. The first kappa shape index (κ1) is 12.1. The van der Waals surface area contributed by atoms with Crippen LogP contribution in [0.2, 0.25) is 0 Å². The highest BCUT2D eigenvalue weighted by Gasteiger charge is 2.34. The normalized spacial score (nSPS) is 14.6. The van der Waals surface area contributed by atoms with Gasteiger partial charge >= 0.3 is 5.97 Å². The van der Waals surface area contributed by atoms with Crippen LogP contribution in [-0.2, 0) is 19.1 Å². The van der Waals surface area contributed by atoms with Gasteiger partial charge in [-0.2, -0.15) is 0 Å². The topological polar surface area (TPSA) is 80.7 Å². The van der Waals surface area contributed by atoms with Crippen molar-refractivity contribution in [2.75, 3.05) is 7.11 Å². The number of carboxylic acid groups (broad SMARTS) is 1. The molecule has 0 spiro atoms. The SMILES string of the molecule is COC(C=O)(CC(=O)O)CC(=O)S. The van der Waals surface area contributed by atoms with Crippen molar-refractivity contribution in [3.05, 3.63) is 0 Å². The lowest BCUT2D eigenvalue weighted by Crippen LogP contribution is -2.37. The molecule has 0 aromatic rings. The lowest BCUT2D eigenvalue weighted by Gasteiger charge is -2.22. The molecule has 0 heterocycles. The van der Waals surface area contributed by atoms with Crippen LogP contribution < -0.4 is 0 Å². The van der Waals surface area contributed by atoms with Crippen LogP contribution in [0.4, 0.5) is 0 Å². The third-order valence-corrected chi connectivity index (χ3v) is 1.68. The molecule has 0 amide bonds. The van der Waals surface area contributed by atoms with Crippen LogP contribution in [-0.4, -0.2) is 35.2 Å². The van der Waals surface area contributed by atoms with E-state index in [0.717, 1.165) is 0 Å². The molecule has 1 unspecified atom stereocenters. The average molecular weight is 206 g/mol. The van der Waals surface area contributed by atoms with Gasteiger partial charge in [-0.3, -0.25) is 9.59 Å². The zero-order valence-corrected chi connectivity index (χ0v) is 7.91. The van der Waals surface area contributed by atoms with Crippen molar-refractivity contribution >= 4 is 30.0 Å². The third kappa shape index (κ3) is 4.05. The highest BCUT2D eigenvalue weighted by molar-refractivity contribution is 7.96. The molecule has 1 N–H and O–H groups in total. The van der Waals surface area contributed by atoms with Gasteiger partial charge in [-0.05, 0) is 0 Å². The van der Waals surface area contributed by atoms with Crippen LogP contribution in [0.3, 0.4) is 0 Å². The second-order valence-corrected chi connectivity index (χ2v) is 3.03. The lowest BCUT2D eigenvalue weighted by molar-refractivity contribution is -0.149. The van der Waals surface area contributed by atoms with E-state index < -0.39 is 23.1 Å². The zero-order valence-electron chi connectivity index (χ0n) is 7.02. The first-order valence-corrected chi connectivity index (χ1v) is 3.85. The molecule has 1 atom stereocenters. The van der Waals surface area contributed by atoms with E-state index in [4.69, 9.17) is 9.84 Å². The molecule has 74 valence electrons. The molecule has 6 heteroatoms. The van der Waals surface area contributed by atoms with Gasteiger partial charge in [0.05, 0.1) is 12.8 Å². The quantitative estimate of drug-likeness (QED) is 0.468. The van der Waals surface area contributed by atoms with E-state index in [0.29, 0.717) is 6.29 Å². The Morgan fingerprint density at radius 3 is 2.31 bits per heavy atom. The van der Waals surface area contributed by atoms with Gasteiger partial charge in [-0.1, -0.05) is 0 Å². The van der Waals surface area contributed by atoms with Gasteiger partial charge in [0.15, 0.2) is 11.4 Å². The summed E-state index contributed by atoms with van der Waals surface area (Å²) in [6.07, 6.45) is -0.572. The number of ether oxygens (including phenoxy) is 1.